The summed E-state index contributed by atoms with van der Waals surface area (Å²) in [5.41, 5.74) is 0.603. The quantitative estimate of drug-likeness (QED) is 0.717. The molecule has 0 aromatic rings. The second-order valence-corrected chi connectivity index (χ2v) is 6.59. The minimum atomic E-state index is 0.603. The Morgan fingerprint density at radius 2 is 1.69 bits per heavy atom. The van der Waals surface area contributed by atoms with Crippen molar-refractivity contribution < 1.29 is 0 Å². The van der Waals surface area contributed by atoms with E-state index in [1.165, 1.54) is 38.5 Å². The summed E-state index contributed by atoms with van der Waals surface area (Å²) in [5, 5.41) is 3.55. The second kappa shape index (κ2) is 3.77. The number of terminal acetylenes is 1. The number of nitrogens with one attached hydrogen (secondary N) is 1. The Balaban J connectivity index is 1.75. The van der Waals surface area contributed by atoms with Crippen LogP contribution < -0.4 is 5.32 Å². The molecule has 4 saturated carbocycles. The Kier molecular flexibility index (Phi) is 2.51. The van der Waals surface area contributed by atoms with Crippen molar-refractivity contribution in [3.8, 4) is 12.3 Å². The van der Waals surface area contributed by atoms with Gasteiger partial charge in [0.25, 0.3) is 0 Å². The lowest BCUT2D eigenvalue weighted by Crippen LogP contribution is -2.54. The summed E-state index contributed by atoms with van der Waals surface area (Å²) in [6.45, 7) is 3.10. The van der Waals surface area contributed by atoms with Gasteiger partial charge in [-0.25, -0.2) is 0 Å². The highest BCUT2D eigenvalue weighted by Crippen LogP contribution is 2.61. The van der Waals surface area contributed by atoms with Gasteiger partial charge in [0.1, 0.15) is 0 Å². The smallest absolute Gasteiger partial charge is 0.0576 e. The van der Waals surface area contributed by atoms with E-state index < -0.39 is 0 Å². The Morgan fingerprint density at radius 1 is 1.19 bits per heavy atom. The van der Waals surface area contributed by atoms with Crippen LogP contribution in [-0.4, -0.2) is 12.6 Å². The molecule has 4 aliphatic carbocycles. The fourth-order valence-electron chi connectivity index (χ4n) is 5.14. The Hall–Kier alpha value is -0.480. The molecule has 0 spiro atoms. The van der Waals surface area contributed by atoms with E-state index in [2.05, 4.69) is 18.2 Å². The molecular formula is C15H23N. The molecule has 0 radical (unpaired) electrons. The van der Waals surface area contributed by atoms with Crippen LogP contribution in [-0.2, 0) is 0 Å². The zero-order valence-corrected chi connectivity index (χ0v) is 10.3. The molecule has 1 unspecified atom stereocenters. The van der Waals surface area contributed by atoms with E-state index in [9.17, 15) is 0 Å². The fraction of sp³-hybridized carbons (Fsp3) is 0.867. The Bertz CT molecular complexity index is 277. The molecule has 1 heteroatoms. The van der Waals surface area contributed by atoms with Crippen molar-refractivity contribution in [1.82, 2.24) is 5.32 Å². The van der Waals surface area contributed by atoms with Crippen LogP contribution in [0.1, 0.15) is 45.4 Å². The van der Waals surface area contributed by atoms with Gasteiger partial charge in [-0.15, -0.1) is 6.42 Å². The summed E-state index contributed by atoms with van der Waals surface area (Å²) < 4.78 is 0. The van der Waals surface area contributed by atoms with Gasteiger partial charge >= 0.3 is 0 Å². The molecule has 4 rings (SSSR count). The lowest BCUT2D eigenvalue weighted by Gasteiger charge is -2.59. The molecule has 4 bridgehead atoms. The molecule has 0 aromatic carbocycles. The summed E-state index contributed by atoms with van der Waals surface area (Å²) in [7, 11) is 0. The van der Waals surface area contributed by atoms with Gasteiger partial charge in [0, 0.05) is 6.04 Å². The van der Waals surface area contributed by atoms with Crippen LogP contribution in [0, 0.1) is 35.5 Å². The topological polar surface area (TPSA) is 12.0 Å². The van der Waals surface area contributed by atoms with Gasteiger partial charge in [0.05, 0.1) is 6.54 Å². The maximum absolute atomic E-state index is 5.36. The van der Waals surface area contributed by atoms with E-state index in [0.717, 1.165) is 24.3 Å². The third-order valence-electron chi connectivity index (χ3n) is 5.51. The third-order valence-corrected chi connectivity index (χ3v) is 5.51. The highest BCUT2D eigenvalue weighted by atomic mass is 14.9. The van der Waals surface area contributed by atoms with Gasteiger partial charge in [0.15, 0.2) is 0 Å². The van der Waals surface area contributed by atoms with Crippen LogP contribution in [0.4, 0.5) is 0 Å². The highest BCUT2D eigenvalue weighted by molar-refractivity contribution is 5.05. The van der Waals surface area contributed by atoms with E-state index >= 15 is 0 Å². The van der Waals surface area contributed by atoms with Gasteiger partial charge in [-0.05, 0) is 68.6 Å². The Morgan fingerprint density at radius 3 is 2.12 bits per heavy atom. The number of rotatable bonds is 3. The van der Waals surface area contributed by atoms with Gasteiger partial charge in [-0.1, -0.05) is 5.92 Å². The molecule has 0 aromatic heterocycles. The highest BCUT2D eigenvalue weighted by Gasteiger charge is 2.52. The van der Waals surface area contributed by atoms with Crippen molar-refractivity contribution in [2.45, 2.75) is 51.5 Å². The zero-order chi connectivity index (χ0) is 11.2. The van der Waals surface area contributed by atoms with Gasteiger partial charge < -0.3 is 5.32 Å². The molecule has 88 valence electrons. The average Bonchev–Trinajstić information content (AvgIpc) is 2.24. The predicted molar refractivity (Wildman–Crippen MR) is 66.9 cm³/mol. The molecule has 1 nitrogen and oxygen atoms in total. The summed E-state index contributed by atoms with van der Waals surface area (Å²) in [4.78, 5) is 0. The SMILES string of the molecule is C#CCNC(C)C12CC3CC(CC(C3)C1)C2. The lowest BCUT2D eigenvalue weighted by atomic mass is 9.48. The Labute approximate surface area is 99.4 Å². The van der Waals surface area contributed by atoms with Crippen molar-refractivity contribution in [1.29, 1.82) is 0 Å². The van der Waals surface area contributed by atoms with Crippen molar-refractivity contribution >= 4 is 0 Å². The summed E-state index contributed by atoms with van der Waals surface area (Å²) in [6, 6.07) is 0.622. The van der Waals surface area contributed by atoms with Gasteiger partial charge in [-0.2, -0.15) is 0 Å². The molecule has 4 fully saturated rings. The monoisotopic (exact) mass is 217 g/mol. The van der Waals surface area contributed by atoms with Crippen LogP contribution in [0.2, 0.25) is 0 Å². The second-order valence-electron chi connectivity index (χ2n) is 6.59. The normalized spacial score (nSPS) is 46.6. The molecule has 4 aliphatic rings. The molecule has 16 heavy (non-hydrogen) atoms. The van der Waals surface area contributed by atoms with Crippen LogP contribution in [0.15, 0.2) is 0 Å². The first-order chi connectivity index (χ1) is 7.72. The minimum Gasteiger partial charge on any atom is -0.303 e. The van der Waals surface area contributed by atoms with Crippen molar-refractivity contribution in [3.63, 3.8) is 0 Å². The molecule has 0 heterocycles. The maximum atomic E-state index is 5.36. The van der Waals surface area contributed by atoms with E-state index in [-0.39, 0.29) is 0 Å². The average molecular weight is 217 g/mol. The zero-order valence-electron chi connectivity index (χ0n) is 10.3. The standard InChI is InChI=1S/C15H23N/c1-3-4-16-11(2)15-8-12-5-13(9-15)7-14(6-12)10-15/h1,11-14,16H,4-10H2,2H3. The molecule has 0 amide bonds. The van der Waals surface area contributed by atoms with E-state index in [4.69, 9.17) is 6.42 Å². The van der Waals surface area contributed by atoms with Crippen LogP contribution in [0.5, 0.6) is 0 Å². The van der Waals surface area contributed by atoms with E-state index in [1.54, 1.807) is 0 Å². The molecule has 0 aliphatic heterocycles. The number of hydrogen-bond donors (Lipinski definition) is 1. The van der Waals surface area contributed by atoms with E-state index in [1.807, 2.05) is 0 Å². The molecule has 0 saturated heterocycles. The minimum absolute atomic E-state index is 0.603. The predicted octanol–water partition coefficient (Wildman–Crippen LogP) is 2.81. The van der Waals surface area contributed by atoms with E-state index in [0.29, 0.717) is 11.5 Å². The maximum Gasteiger partial charge on any atom is 0.0576 e. The van der Waals surface area contributed by atoms with Crippen molar-refractivity contribution in [2.24, 2.45) is 23.2 Å². The first-order valence-electron chi connectivity index (χ1n) is 6.89. The number of hydrogen-bond acceptors (Lipinski definition) is 1. The summed E-state index contributed by atoms with van der Waals surface area (Å²) in [6.07, 6.45) is 14.4. The van der Waals surface area contributed by atoms with Gasteiger partial charge in [-0.3, -0.25) is 0 Å². The summed E-state index contributed by atoms with van der Waals surface area (Å²) >= 11 is 0. The van der Waals surface area contributed by atoms with Crippen LogP contribution in [0.3, 0.4) is 0 Å². The van der Waals surface area contributed by atoms with Crippen molar-refractivity contribution in [2.75, 3.05) is 6.54 Å². The molecular weight excluding hydrogens is 194 g/mol. The molecule has 1 atom stereocenters. The van der Waals surface area contributed by atoms with Crippen LogP contribution >= 0.6 is 0 Å². The summed E-state index contributed by atoms with van der Waals surface area (Å²) in [5.74, 6) is 5.85. The third kappa shape index (κ3) is 1.59. The fourth-order valence-corrected chi connectivity index (χ4v) is 5.14. The largest absolute Gasteiger partial charge is 0.303 e. The van der Waals surface area contributed by atoms with Crippen molar-refractivity contribution in [3.05, 3.63) is 0 Å². The van der Waals surface area contributed by atoms with Crippen LogP contribution in [0.25, 0.3) is 0 Å². The lowest BCUT2D eigenvalue weighted by molar-refractivity contribution is -0.0697. The first-order valence-corrected chi connectivity index (χ1v) is 6.89. The first kappa shape index (κ1) is 10.7. The molecule has 1 N–H and O–H groups in total. The van der Waals surface area contributed by atoms with Gasteiger partial charge in [0.2, 0.25) is 0 Å².